The van der Waals surface area contributed by atoms with Crippen molar-refractivity contribution in [2.45, 2.75) is 38.8 Å². The fourth-order valence-corrected chi connectivity index (χ4v) is 3.08. The van der Waals surface area contributed by atoms with E-state index in [4.69, 9.17) is 5.73 Å². The van der Waals surface area contributed by atoms with Crippen LogP contribution in [-0.2, 0) is 4.79 Å². The molecule has 2 unspecified atom stereocenters. The Morgan fingerprint density at radius 2 is 1.77 bits per heavy atom. The van der Waals surface area contributed by atoms with Crippen LogP contribution < -0.4 is 5.73 Å². The first-order valence-corrected chi connectivity index (χ1v) is 8.79. The minimum atomic E-state index is 0.0997. The van der Waals surface area contributed by atoms with Crippen LogP contribution in [0.15, 0.2) is 28.7 Å². The van der Waals surface area contributed by atoms with E-state index in [0.29, 0.717) is 12.5 Å². The summed E-state index contributed by atoms with van der Waals surface area (Å²) in [7, 11) is 0. The van der Waals surface area contributed by atoms with E-state index in [1.807, 2.05) is 11.8 Å². The summed E-state index contributed by atoms with van der Waals surface area (Å²) in [4.78, 5) is 16.6. The molecule has 0 spiro atoms. The van der Waals surface area contributed by atoms with Crippen molar-refractivity contribution in [3.8, 4) is 0 Å². The molecule has 1 aliphatic rings. The van der Waals surface area contributed by atoms with Crippen LogP contribution in [0.4, 0.5) is 0 Å². The normalized spacial score (nSPS) is 19.0. The van der Waals surface area contributed by atoms with E-state index in [1.165, 1.54) is 5.56 Å². The van der Waals surface area contributed by atoms with Crippen LogP contribution in [0, 0.1) is 0 Å². The topological polar surface area (TPSA) is 49.6 Å². The van der Waals surface area contributed by atoms with E-state index in [1.54, 1.807) is 0 Å². The van der Waals surface area contributed by atoms with Crippen LogP contribution in [0.2, 0.25) is 0 Å². The quantitative estimate of drug-likeness (QED) is 0.870. The van der Waals surface area contributed by atoms with Gasteiger partial charge in [0, 0.05) is 49.2 Å². The number of carbonyl (C=O) groups is 1. The molecule has 4 nitrogen and oxygen atoms in total. The highest BCUT2D eigenvalue weighted by atomic mass is 79.9. The second-order valence-corrected chi connectivity index (χ2v) is 7.08. The average Bonchev–Trinajstić information content (AvgIpc) is 2.53. The van der Waals surface area contributed by atoms with Crippen molar-refractivity contribution >= 4 is 21.8 Å². The molecule has 5 heteroatoms. The van der Waals surface area contributed by atoms with Gasteiger partial charge in [0.1, 0.15) is 0 Å². The van der Waals surface area contributed by atoms with Gasteiger partial charge in [-0.1, -0.05) is 28.1 Å². The number of piperazine rings is 1. The summed E-state index contributed by atoms with van der Waals surface area (Å²) in [6, 6.07) is 8.97. The zero-order valence-corrected chi connectivity index (χ0v) is 15.1. The van der Waals surface area contributed by atoms with E-state index in [9.17, 15) is 4.79 Å². The molecule has 1 fully saturated rings. The molecule has 122 valence electrons. The highest BCUT2D eigenvalue weighted by Gasteiger charge is 2.24. The third kappa shape index (κ3) is 4.80. The maximum absolute atomic E-state index is 12.1. The van der Waals surface area contributed by atoms with Crippen molar-refractivity contribution in [1.82, 2.24) is 9.80 Å². The van der Waals surface area contributed by atoms with Crippen molar-refractivity contribution in [1.29, 1.82) is 0 Å². The van der Waals surface area contributed by atoms with Crippen molar-refractivity contribution in [3.05, 3.63) is 34.3 Å². The van der Waals surface area contributed by atoms with Crippen molar-refractivity contribution in [2.75, 3.05) is 26.2 Å². The first kappa shape index (κ1) is 17.4. The summed E-state index contributed by atoms with van der Waals surface area (Å²) in [6.07, 6.45) is 1.34. The molecule has 0 radical (unpaired) electrons. The van der Waals surface area contributed by atoms with Crippen molar-refractivity contribution in [3.63, 3.8) is 0 Å². The molecule has 2 N–H and O–H groups in total. The molecule has 1 amide bonds. The minimum Gasteiger partial charge on any atom is -0.340 e. The monoisotopic (exact) mass is 367 g/mol. The second kappa shape index (κ2) is 8.09. The Hall–Kier alpha value is -0.910. The summed E-state index contributed by atoms with van der Waals surface area (Å²) in [5.41, 5.74) is 7.04. The van der Waals surface area contributed by atoms with Gasteiger partial charge < -0.3 is 10.6 Å². The summed E-state index contributed by atoms with van der Waals surface area (Å²) < 4.78 is 1.10. The van der Waals surface area contributed by atoms with Crippen molar-refractivity contribution in [2.24, 2.45) is 5.73 Å². The molecule has 1 heterocycles. The molecule has 0 aliphatic carbocycles. The summed E-state index contributed by atoms with van der Waals surface area (Å²) in [5.74, 6) is 0.244. The summed E-state index contributed by atoms with van der Waals surface area (Å²) >= 11 is 3.47. The van der Waals surface area contributed by atoms with Crippen molar-refractivity contribution < 1.29 is 4.79 Å². The molecule has 2 rings (SSSR count). The summed E-state index contributed by atoms with van der Waals surface area (Å²) in [6.45, 7) is 7.68. The zero-order valence-electron chi connectivity index (χ0n) is 13.5. The number of rotatable bonds is 5. The van der Waals surface area contributed by atoms with E-state index in [2.05, 4.69) is 52.0 Å². The number of hydrogen-bond donors (Lipinski definition) is 1. The molecular formula is C17H26BrN3O. The largest absolute Gasteiger partial charge is 0.340 e. The van der Waals surface area contributed by atoms with E-state index >= 15 is 0 Å². The highest BCUT2D eigenvalue weighted by molar-refractivity contribution is 9.10. The average molecular weight is 368 g/mol. The fraction of sp³-hybridized carbons (Fsp3) is 0.588. The standard InChI is InChI=1S/C17H26BrN3O/c1-13(19)3-8-17(22)21-11-9-20(10-12-21)14(2)15-4-6-16(18)7-5-15/h4-7,13-14H,3,8-12,19H2,1-2H3. The molecule has 0 aromatic heterocycles. The van der Waals surface area contributed by atoms with Gasteiger partial charge in [-0.15, -0.1) is 0 Å². The molecule has 22 heavy (non-hydrogen) atoms. The Bertz CT molecular complexity index is 481. The first-order valence-electron chi connectivity index (χ1n) is 8.00. The molecule has 0 bridgehead atoms. The van der Waals surface area contributed by atoms with Gasteiger partial charge in [0.05, 0.1) is 0 Å². The number of amides is 1. The number of halogens is 1. The SMILES string of the molecule is CC(N)CCC(=O)N1CCN(C(C)c2ccc(Br)cc2)CC1. The number of nitrogens with zero attached hydrogens (tertiary/aromatic N) is 2. The van der Waals surface area contributed by atoms with Crippen LogP contribution in [0.1, 0.15) is 38.3 Å². The highest BCUT2D eigenvalue weighted by Crippen LogP contribution is 2.23. The summed E-state index contributed by atoms with van der Waals surface area (Å²) in [5, 5.41) is 0. The van der Waals surface area contributed by atoms with E-state index in [-0.39, 0.29) is 11.9 Å². The van der Waals surface area contributed by atoms with Gasteiger partial charge >= 0.3 is 0 Å². The maximum atomic E-state index is 12.1. The lowest BCUT2D eigenvalue weighted by atomic mass is 10.1. The molecule has 1 saturated heterocycles. The predicted octanol–water partition coefficient (Wildman–Crippen LogP) is 2.78. The Balaban J connectivity index is 1.83. The first-order chi connectivity index (χ1) is 10.5. The number of nitrogens with two attached hydrogens (primary N) is 1. The van der Waals surface area contributed by atoms with Gasteiger partial charge in [0.25, 0.3) is 0 Å². The van der Waals surface area contributed by atoms with Crippen LogP contribution in [0.25, 0.3) is 0 Å². The minimum absolute atomic E-state index is 0.0997. The van der Waals surface area contributed by atoms with Gasteiger partial charge in [0.2, 0.25) is 5.91 Å². The van der Waals surface area contributed by atoms with Gasteiger partial charge in [-0.2, -0.15) is 0 Å². The van der Waals surface area contributed by atoms with E-state index < -0.39 is 0 Å². The van der Waals surface area contributed by atoms with Gasteiger partial charge in [0.15, 0.2) is 0 Å². The van der Waals surface area contributed by atoms with Gasteiger partial charge in [-0.05, 0) is 38.0 Å². The molecule has 0 saturated carbocycles. The van der Waals surface area contributed by atoms with Gasteiger partial charge in [-0.25, -0.2) is 0 Å². The Morgan fingerprint density at radius 1 is 1.18 bits per heavy atom. The van der Waals surface area contributed by atoms with E-state index in [0.717, 1.165) is 37.1 Å². The number of benzene rings is 1. The van der Waals surface area contributed by atoms with Gasteiger partial charge in [-0.3, -0.25) is 9.69 Å². The lowest BCUT2D eigenvalue weighted by Gasteiger charge is -2.38. The molecule has 1 aromatic carbocycles. The molecule has 2 atom stereocenters. The smallest absolute Gasteiger partial charge is 0.222 e. The molecular weight excluding hydrogens is 342 g/mol. The predicted molar refractivity (Wildman–Crippen MR) is 93.6 cm³/mol. The lowest BCUT2D eigenvalue weighted by Crippen LogP contribution is -2.49. The maximum Gasteiger partial charge on any atom is 0.222 e. The van der Waals surface area contributed by atoms with Crippen LogP contribution in [0.3, 0.4) is 0 Å². The molecule has 1 aliphatic heterocycles. The number of carbonyl (C=O) groups excluding carboxylic acids is 1. The third-order valence-electron chi connectivity index (χ3n) is 4.38. The van der Waals surface area contributed by atoms with Crippen LogP contribution in [0.5, 0.6) is 0 Å². The van der Waals surface area contributed by atoms with Crippen LogP contribution >= 0.6 is 15.9 Å². The second-order valence-electron chi connectivity index (χ2n) is 6.16. The Labute approximate surface area is 141 Å². The van der Waals surface area contributed by atoms with Crippen LogP contribution in [-0.4, -0.2) is 47.9 Å². The Kier molecular flexibility index (Phi) is 6.41. The molecule has 1 aromatic rings. The Morgan fingerprint density at radius 3 is 2.32 bits per heavy atom. The number of hydrogen-bond acceptors (Lipinski definition) is 3. The third-order valence-corrected chi connectivity index (χ3v) is 4.91. The fourth-order valence-electron chi connectivity index (χ4n) is 2.82. The lowest BCUT2D eigenvalue weighted by molar-refractivity contribution is -0.133. The zero-order chi connectivity index (χ0) is 16.1.